The van der Waals surface area contributed by atoms with E-state index in [0.717, 1.165) is 24.8 Å². The number of nitrogens with zero attached hydrogens (tertiary/aromatic N) is 3. The summed E-state index contributed by atoms with van der Waals surface area (Å²) in [5, 5.41) is 4.38. The largest absolute Gasteiger partial charge is 0.386 e. The summed E-state index contributed by atoms with van der Waals surface area (Å²) in [7, 11) is 0. The molecule has 4 aliphatic rings. The fraction of sp³-hybridized carbons (Fsp3) is 0.688. The van der Waals surface area contributed by atoms with Crippen molar-refractivity contribution in [1.82, 2.24) is 9.80 Å². The molecule has 0 bridgehead atoms. The summed E-state index contributed by atoms with van der Waals surface area (Å²) in [6.45, 7) is 7.03. The van der Waals surface area contributed by atoms with Crippen molar-refractivity contribution in [3.63, 3.8) is 0 Å². The Labute approximate surface area is 120 Å². The summed E-state index contributed by atoms with van der Waals surface area (Å²) in [6, 6.07) is 0.713. The van der Waals surface area contributed by atoms with Gasteiger partial charge in [-0.2, -0.15) is 0 Å². The maximum Gasteiger partial charge on any atom is 0.159 e. The van der Waals surface area contributed by atoms with Gasteiger partial charge < -0.3 is 9.74 Å². The Morgan fingerprint density at radius 3 is 3.00 bits per heavy atom. The van der Waals surface area contributed by atoms with Gasteiger partial charge in [-0.05, 0) is 24.8 Å². The molecule has 4 atom stereocenters. The smallest absolute Gasteiger partial charge is 0.159 e. The van der Waals surface area contributed by atoms with Crippen molar-refractivity contribution >= 4 is 5.84 Å². The van der Waals surface area contributed by atoms with Crippen LogP contribution in [-0.4, -0.2) is 54.0 Å². The first-order chi connectivity index (χ1) is 9.81. The average Bonchev–Trinajstić information content (AvgIpc) is 2.91. The summed E-state index contributed by atoms with van der Waals surface area (Å²) in [5.74, 6) is 2.34. The molecule has 0 aromatic rings. The van der Waals surface area contributed by atoms with E-state index in [0.29, 0.717) is 12.0 Å². The second-order valence-corrected chi connectivity index (χ2v) is 6.59. The number of allylic oxidation sites excluding steroid dienone is 2. The monoisotopic (exact) mass is 273 g/mol. The zero-order chi connectivity index (χ0) is 13.5. The van der Waals surface area contributed by atoms with E-state index >= 15 is 0 Å². The van der Waals surface area contributed by atoms with Crippen molar-refractivity contribution in [2.45, 2.75) is 31.9 Å². The molecule has 4 nitrogen and oxygen atoms in total. The Morgan fingerprint density at radius 2 is 2.05 bits per heavy atom. The predicted octanol–water partition coefficient (Wildman–Crippen LogP) is 1.86. The van der Waals surface area contributed by atoms with Crippen molar-refractivity contribution in [2.75, 3.05) is 26.2 Å². The predicted molar refractivity (Wildman–Crippen MR) is 79.4 cm³/mol. The van der Waals surface area contributed by atoms with Crippen LogP contribution in [0.15, 0.2) is 29.5 Å². The van der Waals surface area contributed by atoms with Gasteiger partial charge in [0, 0.05) is 32.2 Å². The number of oxime groups is 1. The number of fused-ring (bicyclic) bond motifs is 2. The van der Waals surface area contributed by atoms with Crippen LogP contribution in [0.25, 0.3) is 0 Å². The lowest BCUT2D eigenvalue weighted by Gasteiger charge is -2.46. The highest BCUT2D eigenvalue weighted by Gasteiger charge is 2.39. The van der Waals surface area contributed by atoms with Gasteiger partial charge in [0.2, 0.25) is 0 Å². The van der Waals surface area contributed by atoms with Crippen LogP contribution in [-0.2, 0) is 4.84 Å². The van der Waals surface area contributed by atoms with Crippen LogP contribution in [0.4, 0.5) is 0 Å². The Balaban J connectivity index is 1.46. The highest BCUT2D eigenvalue weighted by molar-refractivity contribution is 5.88. The number of rotatable bonds is 0. The Kier molecular flexibility index (Phi) is 3.06. The zero-order valence-corrected chi connectivity index (χ0v) is 12.1. The quantitative estimate of drug-likeness (QED) is 0.674. The lowest BCUT2D eigenvalue weighted by atomic mass is 9.91. The molecule has 0 aromatic carbocycles. The van der Waals surface area contributed by atoms with Crippen molar-refractivity contribution in [1.29, 1.82) is 0 Å². The molecular formula is C16H23N3O. The van der Waals surface area contributed by atoms with Gasteiger partial charge in [-0.15, -0.1) is 0 Å². The molecule has 2 saturated heterocycles. The van der Waals surface area contributed by atoms with E-state index in [1.807, 2.05) is 0 Å². The summed E-state index contributed by atoms with van der Waals surface area (Å²) in [5.41, 5.74) is 0. The maximum atomic E-state index is 5.57. The SMILES string of the molecule is CC1CCC2CN(C3=NOC4C=CC=CC34)CCN2C1. The third-order valence-electron chi connectivity index (χ3n) is 5.12. The summed E-state index contributed by atoms with van der Waals surface area (Å²) >= 11 is 0. The second kappa shape index (κ2) is 4.92. The molecule has 4 heteroatoms. The first-order valence-corrected chi connectivity index (χ1v) is 7.89. The van der Waals surface area contributed by atoms with Crippen LogP contribution in [0.2, 0.25) is 0 Å². The van der Waals surface area contributed by atoms with Gasteiger partial charge in [0.1, 0.15) is 0 Å². The van der Waals surface area contributed by atoms with E-state index < -0.39 is 0 Å². The van der Waals surface area contributed by atoms with Gasteiger partial charge in [-0.3, -0.25) is 4.90 Å². The molecule has 0 N–H and O–H groups in total. The van der Waals surface area contributed by atoms with Crippen molar-refractivity contribution < 1.29 is 4.84 Å². The van der Waals surface area contributed by atoms with Crippen molar-refractivity contribution in [2.24, 2.45) is 17.0 Å². The third kappa shape index (κ3) is 2.06. The van der Waals surface area contributed by atoms with E-state index in [9.17, 15) is 0 Å². The molecule has 3 heterocycles. The van der Waals surface area contributed by atoms with Crippen LogP contribution in [0.5, 0.6) is 0 Å². The molecule has 0 spiro atoms. The van der Waals surface area contributed by atoms with Crippen LogP contribution in [0.1, 0.15) is 19.8 Å². The molecule has 4 rings (SSSR count). The number of amidine groups is 1. The van der Waals surface area contributed by atoms with Crippen molar-refractivity contribution in [3.8, 4) is 0 Å². The lowest BCUT2D eigenvalue weighted by molar-refractivity contribution is 0.0564. The molecule has 0 aromatic heterocycles. The van der Waals surface area contributed by atoms with E-state index in [4.69, 9.17) is 4.84 Å². The standard InChI is InChI=1S/C16H23N3O/c1-12-6-7-13-11-19(9-8-18(13)10-12)16-14-4-2-3-5-15(14)20-17-16/h2-5,12-15H,6-11H2,1H3. The summed E-state index contributed by atoms with van der Waals surface area (Å²) < 4.78 is 0. The topological polar surface area (TPSA) is 28.1 Å². The average molecular weight is 273 g/mol. The summed E-state index contributed by atoms with van der Waals surface area (Å²) in [4.78, 5) is 10.7. The van der Waals surface area contributed by atoms with E-state index in [2.05, 4.69) is 46.2 Å². The Morgan fingerprint density at radius 1 is 1.15 bits per heavy atom. The van der Waals surface area contributed by atoms with Gasteiger partial charge in [0.15, 0.2) is 11.9 Å². The van der Waals surface area contributed by atoms with Crippen LogP contribution in [0.3, 0.4) is 0 Å². The molecule has 0 saturated carbocycles. The second-order valence-electron chi connectivity index (χ2n) is 6.59. The molecule has 1 aliphatic carbocycles. The van der Waals surface area contributed by atoms with Crippen molar-refractivity contribution in [3.05, 3.63) is 24.3 Å². The molecule has 20 heavy (non-hydrogen) atoms. The molecular weight excluding hydrogens is 250 g/mol. The zero-order valence-electron chi connectivity index (χ0n) is 12.1. The first-order valence-electron chi connectivity index (χ1n) is 7.89. The maximum absolute atomic E-state index is 5.57. The van der Waals surface area contributed by atoms with E-state index in [1.54, 1.807) is 0 Å². The normalized spacial score (nSPS) is 40.0. The van der Waals surface area contributed by atoms with Gasteiger partial charge in [0.05, 0.1) is 5.92 Å². The molecule has 0 radical (unpaired) electrons. The molecule has 2 fully saturated rings. The highest BCUT2D eigenvalue weighted by atomic mass is 16.6. The van der Waals surface area contributed by atoms with Gasteiger partial charge >= 0.3 is 0 Å². The van der Waals surface area contributed by atoms with Gasteiger partial charge in [-0.25, -0.2) is 0 Å². The van der Waals surface area contributed by atoms with E-state index in [-0.39, 0.29) is 6.10 Å². The van der Waals surface area contributed by atoms with Crippen LogP contribution < -0.4 is 0 Å². The number of piperazine rings is 1. The minimum Gasteiger partial charge on any atom is -0.386 e. The minimum atomic E-state index is 0.124. The minimum absolute atomic E-state index is 0.124. The number of hydrogen-bond acceptors (Lipinski definition) is 4. The lowest BCUT2D eigenvalue weighted by Crippen LogP contribution is -2.58. The van der Waals surface area contributed by atoms with E-state index in [1.165, 1.54) is 25.9 Å². The van der Waals surface area contributed by atoms with Gasteiger partial charge in [-0.1, -0.05) is 30.3 Å². The van der Waals surface area contributed by atoms with Gasteiger partial charge in [0.25, 0.3) is 0 Å². The highest BCUT2D eigenvalue weighted by Crippen LogP contribution is 2.30. The molecule has 0 amide bonds. The Hall–Kier alpha value is -1.29. The first kappa shape index (κ1) is 12.5. The fourth-order valence-corrected chi connectivity index (χ4v) is 3.95. The van der Waals surface area contributed by atoms with Crippen LogP contribution >= 0.6 is 0 Å². The molecule has 108 valence electrons. The third-order valence-corrected chi connectivity index (χ3v) is 5.12. The molecule has 4 unspecified atom stereocenters. The van der Waals surface area contributed by atoms with Crippen LogP contribution in [0, 0.1) is 11.8 Å². The number of hydrogen-bond donors (Lipinski definition) is 0. The molecule has 3 aliphatic heterocycles. The summed E-state index contributed by atoms with van der Waals surface area (Å²) in [6.07, 6.45) is 11.3. The Bertz CT molecular complexity index is 470. The number of piperidine rings is 1. The fourth-order valence-electron chi connectivity index (χ4n) is 3.95.